The molecular formula is C21H23ClN6O2. The van der Waals surface area contributed by atoms with Gasteiger partial charge in [0, 0.05) is 49.1 Å². The zero-order chi connectivity index (χ0) is 20.7. The summed E-state index contributed by atoms with van der Waals surface area (Å²) in [5, 5.41) is 1.09. The minimum Gasteiger partial charge on any atom is -0.368 e. The van der Waals surface area contributed by atoms with E-state index in [1.165, 1.54) is 4.57 Å². The predicted octanol–water partition coefficient (Wildman–Crippen LogP) is 2.57. The summed E-state index contributed by atoms with van der Waals surface area (Å²) in [7, 11) is 0. The van der Waals surface area contributed by atoms with Crippen LogP contribution in [0.5, 0.6) is 0 Å². The summed E-state index contributed by atoms with van der Waals surface area (Å²) in [5.74, 6) is 0.530. The third-order valence-corrected chi connectivity index (χ3v) is 6.33. The summed E-state index contributed by atoms with van der Waals surface area (Å²) in [5.41, 5.74) is 0.729. The Morgan fingerprint density at radius 1 is 1.03 bits per heavy atom. The van der Waals surface area contributed by atoms with Crippen molar-refractivity contribution in [3.05, 3.63) is 56.3 Å². The van der Waals surface area contributed by atoms with Gasteiger partial charge in [0.25, 0.3) is 5.56 Å². The molecule has 0 spiro atoms. The molecule has 1 aliphatic heterocycles. The summed E-state index contributed by atoms with van der Waals surface area (Å²) >= 11 is 6.11. The maximum atomic E-state index is 12.9. The molecule has 2 aromatic heterocycles. The Kier molecular flexibility index (Phi) is 4.94. The SMILES string of the molecule is O=c1[nH]c2nc(N3CCN(c4cccc(Cl)c4)CC3)ncc2c(=O)n1C1CCCC1. The molecule has 0 radical (unpaired) electrons. The number of hydrogen-bond donors (Lipinski definition) is 1. The highest BCUT2D eigenvalue weighted by molar-refractivity contribution is 6.30. The highest BCUT2D eigenvalue weighted by atomic mass is 35.5. The van der Waals surface area contributed by atoms with E-state index in [0.717, 1.165) is 62.6 Å². The van der Waals surface area contributed by atoms with E-state index < -0.39 is 0 Å². The molecule has 9 heteroatoms. The van der Waals surface area contributed by atoms with Crippen molar-refractivity contribution in [3.8, 4) is 0 Å². The Hall–Kier alpha value is -2.87. The van der Waals surface area contributed by atoms with Gasteiger partial charge in [-0.05, 0) is 31.0 Å². The Bertz CT molecular complexity index is 1190. The van der Waals surface area contributed by atoms with Gasteiger partial charge in [0.15, 0.2) is 5.65 Å². The van der Waals surface area contributed by atoms with Gasteiger partial charge in [-0.15, -0.1) is 0 Å². The van der Waals surface area contributed by atoms with Crippen LogP contribution < -0.4 is 21.0 Å². The van der Waals surface area contributed by atoms with Crippen LogP contribution in [0.3, 0.4) is 0 Å². The maximum absolute atomic E-state index is 12.9. The van der Waals surface area contributed by atoms with Crippen molar-refractivity contribution < 1.29 is 0 Å². The summed E-state index contributed by atoms with van der Waals surface area (Å²) in [4.78, 5) is 41.5. The fraction of sp³-hybridized carbons (Fsp3) is 0.429. The number of halogens is 1. The lowest BCUT2D eigenvalue weighted by Gasteiger charge is -2.36. The van der Waals surface area contributed by atoms with Crippen LogP contribution in [-0.4, -0.2) is 45.7 Å². The monoisotopic (exact) mass is 426 g/mol. The number of anilines is 2. The number of piperazine rings is 1. The first kappa shape index (κ1) is 19.1. The molecule has 1 N–H and O–H groups in total. The van der Waals surface area contributed by atoms with Gasteiger partial charge in [-0.3, -0.25) is 14.3 Å². The fourth-order valence-corrected chi connectivity index (χ4v) is 4.68. The molecule has 0 amide bonds. The second-order valence-corrected chi connectivity index (χ2v) is 8.37. The average Bonchev–Trinajstić information content (AvgIpc) is 3.28. The molecule has 0 unspecified atom stereocenters. The van der Waals surface area contributed by atoms with Crippen molar-refractivity contribution in [1.29, 1.82) is 0 Å². The van der Waals surface area contributed by atoms with Gasteiger partial charge in [-0.2, -0.15) is 4.98 Å². The Balaban J connectivity index is 1.39. The van der Waals surface area contributed by atoms with Crippen LogP contribution in [0.1, 0.15) is 31.7 Å². The van der Waals surface area contributed by atoms with Crippen LogP contribution in [0.2, 0.25) is 5.02 Å². The van der Waals surface area contributed by atoms with Crippen LogP contribution in [0.25, 0.3) is 11.0 Å². The topological polar surface area (TPSA) is 87.1 Å². The predicted molar refractivity (Wildman–Crippen MR) is 118 cm³/mol. The van der Waals surface area contributed by atoms with Gasteiger partial charge >= 0.3 is 5.69 Å². The summed E-state index contributed by atoms with van der Waals surface area (Å²) in [6.07, 6.45) is 5.37. The number of aromatic nitrogens is 4. The lowest BCUT2D eigenvalue weighted by Crippen LogP contribution is -2.47. The normalized spacial score (nSPS) is 17.8. The molecule has 0 bridgehead atoms. The average molecular weight is 427 g/mol. The summed E-state index contributed by atoms with van der Waals surface area (Å²) < 4.78 is 1.35. The molecule has 1 saturated heterocycles. The Labute approximate surface area is 178 Å². The number of nitrogens with one attached hydrogen (secondary N) is 1. The molecule has 1 saturated carbocycles. The molecule has 30 heavy (non-hydrogen) atoms. The van der Waals surface area contributed by atoms with Crippen molar-refractivity contribution in [2.24, 2.45) is 0 Å². The molecule has 2 fully saturated rings. The lowest BCUT2D eigenvalue weighted by atomic mass is 10.2. The molecule has 2 aliphatic rings. The number of rotatable bonds is 3. The van der Waals surface area contributed by atoms with Crippen molar-refractivity contribution in [2.45, 2.75) is 31.7 Å². The van der Waals surface area contributed by atoms with E-state index in [1.807, 2.05) is 24.3 Å². The molecule has 5 rings (SSSR count). The van der Waals surface area contributed by atoms with E-state index in [-0.39, 0.29) is 17.3 Å². The van der Waals surface area contributed by atoms with Crippen LogP contribution in [0.4, 0.5) is 11.6 Å². The molecular weight excluding hydrogens is 404 g/mol. The van der Waals surface area contributed by atoms with E-state index >= 15 is 0 Å². The standard InChI is InChI=1S/C21H23ClN6O2/c22-14-4-3-7-16(12-14)26-8-10-27(11-9-26)20-23-13-17-18(24-20)25-21(30)28(19(17)29)15-5-1-2-6-15/h3-4,7,12-13,15H,1-2,5-6,8-11H2,(H,23,24,25,30). The molecule has 1 aliphatic carbocycles. The molecule has 0 atom stereocenters. The molecule has 156 valence electrons. The van der Waals surface area contributed by atoms with E-state index in [2.05, 4.69) is 24.8 Å². The van der Waals surface area contributed by atoms with Crippen molar-refractivity contribution in [3.63, 3.8) is 0 Å². The van der Waals surface area contributed by atoms with E-state index in [0.29, 0.717) is 17.0 Å². The first-order chi connectivity index (χ1) is 14.6. The molecule has 3 heterocycles. The quantitative estimate of drug-likeness (QED) is 0.692. The maximum Gasteiger partial charge on any atom is 0.330 e. The number of aromatic amines is 1. The highest BCUT2D eigenvalue weighted by Gasteiger charge is 2.23. The van der Waals surface area contributed by atoms with Gasteiger partial charge in [0.2, 0.25) is 5.95 Å². The first-order valence-electron chi connectivity index (χ1n) is 10.4. The third-order valence-electron chi connectivity index (χ3n) is 6.10. The number of hydrogen-bond acceptors (Lipinski definition) is 6. The Morgan fingerprint density at radius 2 is 1.77 bits per heavy atom. The van der Waals surface area contributed by atoms with Crippen molar-refractivity contribution in [2.75, 3.05) is 36.0 Å². The van der Waals surface area contributed by atoms with E-state index in [4.69, 9.17) is 11.6 Å². The van der Waals surface area contributed by atoms with Crippen molar-refractivity contribution >= 4 is 34.3 Å². The summed E-state index contributed by atoms with van der Waals surface area (Å²) in [6, 6.07) is 7.81. The van der Waals surface area contributed by atoms with Gasteiger partial charge in [-0.1, -0.05) is 30.5 Å². The molecule has 3 aromatic rings. The largest absolute Gasteiger partial charge is 0.368 e. The third kappa shape index (κ3) is 3.45. The van der Waals surface area contributed by atoms with Gasteiger partial charge < -0.3 is 9.80 Å². The first-order valence-corrected chi connectivity index (χ1v) is 10.7. The van der Waals surface area contributed by atoms with E-state index in [9.17, 15) is 9.59 Å². The fourth-order valence-electron chi connectivity index (χ4n) is 4.49. The smallest absolute Gasteiger partial charge is 0.330 e. The zero-order valence-electron chi connectivity index (χ0n) is 16.6. The highest BCUT2D eigenvalue weighted by Crippen LogP contribution is 2.27. The number of benzene rings is 1. The second kappa shape index (κ2) is 7.75. The number of fused-ring (bicyclic) bond motifs is 1. The van der Waals surface area contributed by atoms with Gasteiger partial charge in [0.05, 0.1) is 0 Å². The number of H-pyrrole nitrogens is 1. The minimum atomic E-state index is -0.380. The second-order valence-electron chi connectivity index (χ2n) is 7.93. The van der Waals surface area contributed by atoms with Crippen LogP contribution >= 0.6 is 11.6 Å². The number of nitrogens with zero attached hydrogens (tertiary/aromatic N) is 5. The van der Waals surface area contributed by atoms with Crippen LogP contribution in [-0.2, 0) is 0 Å². The lowest BCUT2D eigenvalue weighted by molar-refractivity contribution is 0.482. The summed E-state index contributed by atoms with van der Waals surface area (Å²) in [6.45, 7) is 3.09. The van der Waals surface area contributed by atoms with Gasteiger partial charge in [-0.25, -0.2) is 9.78 Å². The molecule has 8 nitrogen and oxygen atoms in total. The van der Waals surface area contributed by atoms with Gasteiger partial charge in [0.1, 0.15) is 5.39 Å². The Morgan fingerprint density at radius 3 is 2.50 bits per heavy atom. The molecule has 1 aromatic carbocycles. The van der Waals surface area contributed by atoms with Crippen LogP contribution in [0, 0.1) is 0 Å². The zero-order valence-corrected chi connectivity index (χ0v) is 17.3. The van der Waals surface area contributed by atoms with E-state index in [1.54, 1.807) is 6.20 Å². The minimum absolute atomic E-state index is 0.0232. The van der Waals surface area contributed by atoms with Crippen molar-refractivity contribution in [1.82, 2.24) is 19.5 Å². The van der Waals surface area contributed by atoms with Crippen LogP contribution in [0.15, 0.2) is 40.1 Å².